The fraction of sp³-hybridized carbons (Fsp3) is 0.417. The molecule has 0 radical (unpaired) electrons. The lowest BCUT2D eigenvalue weighted by atomic mass is 9.70. The molecule has 2 atom stereocenters. The Morgan fingerprint density at radius 3 is 2.52 bits per heavy atom. The minimum atomic E-state index is -0.935. The van der Waals surface area contributed by atoms with Gasteiger partial charge in [0.05, 0.1) is 16.1 Å². The highest BCUT2D eigenvalue weighted by molar-refractivity contribution is 6.34. The van der Waals surface area contributed by atoms with Crippen molar-refractivity contribution in [3.63, 3.8) is 0 Å². The third-order valence-corrected chi connectivity index (χ3v) is 7.54. The number of benzene rings is 2. The van der Waals surface area contributed by atoms with E-state index in [4.69, 9.17) is 11.6 Å². The Bertz CT molecular complexity index is 1070. The number of fused-ring (bicyclic) bond motifs is 1. The maximum atomic E-state index is 13.5. The van der Waals surface area contributed by atoms with Crippen molar-refractivity contribution in [3.05, 3.63) is 64.4 Å². The Hall–Kier alpha value is -2.44. The van der Waals surface area contributed by atoms with Gasteiger partial charge in [0.15, 0.2) is 6.23 Å². The Morgan fingerprint density at radius 1 is 1.13 bits per heavy atom. The molecule has 2 aliphatic heterocycles. The number of carbonyl (C=O) groups excluding carboxylic acids is 2. The van der Waals surface area contributed by atoms with E-state index in [-0.39, 0.29) is 28.9 Å². The summed E-state index contributed by atoms with van der Waals surface area (Å²) in [6, 6.07) is 11.1. The van der Waals surface area contributed by atoms with Crippen LogP contribution in [-0.2, 0) is 4.79 Å². The van der Waals surface area contributed by atoms with Gasteiger partial charge in [-0.15, -0.1) is 0 Å². The average Bonchev–Trinajstić information content (AvgIpc) is 3.14. The SMILES string of the molecule is CC1CC2(CCC(N3C(=O)c4ccccc4C3O)CC2)C(=O)N1c1ccc(F)cc1Cl. The number of aliphatic hydroxyl groups excluding tert-OH is 1. The standard InChI is InChI=1S/C24H24ClFN2O3/c1-14-13-24(23(31)27(14)20-7-6-15(26)12-19(20)25)10-8-16(9-11-24)28-21(29)17-4-2-3-5-18(17)22(28)30/h2-7,12,14,16,21,29H,8-11,13H2,1H3. The smallest absolute Gasteiger partial charge is 0.256 e. The van der Waals surface area contributed by atoms with Crippen molar-refractivity contribution < 1.29 is 19.1 Å². The summed E-state index contributed by atoms with van der Waals surface area (Å²) in [4.78, 5) is 29.7. The van der Waals surface area contributed by atoms with Crippen LogP contribution in [0.4, 0.5) is 10.1 Å². The molecule has 1 spiro atoms. The number of aliphatic hydroxyl groups is 1. The van der Waals surface area contributed by atoms with Gasteiger partial charge in [-0.3, -0.25) is 9.59 Å². The number of rotatable bonds is 2. The monoisotopic (exact) mass is 442 g/mol. The first-order valence-electron chi connectivity index (χ1n) is 10.7. The molecule has 162 valence electrons. The second-order valence-electron chi connectivity index (χ2n) is 9.01. The van der Waals surface area contributed by atoms with Crippen LogP contribution in [-0.4, -0.2) is 33.9 Å². The molecule has 2 unspecified atom stereocenters. The van der Waals surface area contributed by atoms with E-state index in [0.29, 0.717) is 48.9 Å². The van der Waals surface area contributed by atoms with Gasteiger partial charge in [0.1, 0.15) is 5.82 Å². The molecule has 1 aliphatic carbocycles. The fourth-order valence-electron chi connectivity index (χ4n) is 5.76. The molecule has 2 amide bonds. The Morgan fingerprint density at radius 2 is 1.84 bits per heavy atom. The summed E-state index contributed by atoms with van der Waals surface area (Å²) in [5.74, 6) is -0.559. The van der Waals surface area contributed by atoms with Gasteiger partial charge in [-0.05, 0) is 63.3 Å². The van der Waals surface area contributed by atoms with Crippen molar-refractivity contribution >= 4 is 29.1 Å². The number of nitrogens with zero attached hydrogens (tertiary/aromatic N) is 2. The minimum absolute atomic E-state index is 0.0172. The van der Waals surface area contributed by atoms with Crippen molar-refractivity contribution in [1.29, 1.82) is 0 Å². The molecule has 5 nitrogen and oxygen atoms in total. The van der Waals surface area contributed by atoms with Crippen LogP contribution in [0, 0.1) is 11.2 Å². The summed E-state index contributed by atoms with van der Waals surface area (Å²) >= 11 is 6.25. The molecule has 1 saturated heterocycles. The Labute approximate surface area is 185 Å². The highest BCUT2D eigenvalue weighted by Gasteiger charge is 2.53. The summed E-state index contributed by atoms with van der Waals surface area (Å²) in [7, 11) is 0. The molecule has 31 heavy (non-hydrogen) atoms. The van der Waals surface area contributed by atoms with Gasteiger partial charge < -0.3 is 14.9 Å². The molecule has 0 bridgehead atoms. The molecule has 2 heterocycles. The molecule has 3 aliphatic rings. The molecule has 2 aromatic carbocycles. The van der Waals surface area contributed by atoms with Crippen LogP contribution >= 0.6 is 11.6 Å². The van der Waals surface area contributed by atoms with E-state index in [0.717, 1.165) is 0 Å². The van der Waals surface area contributed by atoms with Crippen molar-refractivity contribution in [1.82, 2.24) is 4.90 Å². The van der Waals surface area contributed by atoms with Gasteiger partial charge >= 0.3 is 0 Å². The van der Waals surface area contributed by atoms with Crippen LogP contribution < -0.4 is 4.90 Å². The Kier molecular flexibility index (Phi) is 4.83. The predicted octanol–water partition coefficient (Wildman–Crippen LogP) is 4.68. The Balaban J connectivity index is 1.34. The van der Waals surface area contributed by atoms with Gasteiger partial charge in [0.2, 0.25) is 5.91 Å². The van der Waals surface area contributed by atoms with E-state index in [9.17, 15) is 19.1 Å². The topological polar surface area (TPSA) is 60.9 Å². The summed E-state index contributed by atoms with van der Waals surface area (Å²) in [6.45, 7) is 1.99. The minimum Gasteiger partial charge on any atom is -0.369 e. The maximum Gasteiger partial charge on any atom is 0.256 e. The molecular formula is C24H24ClFN2O3. The van der Waals surface area contributed by atoms with Crippen LogP contribution in [0.15, 0.2) is 42.5 Å². The lowest BCUT2D eigenvalue weighted by Crippen LogP contribution is -2.45. The number of amides is 2. The zero-order valence-electron chi connectivity index (χ0n) is 17.2. The number of hydrogen-bond donors (Lipinski definition) is 1. The lowest BCUT2D eigenvalue weighted by molar-refractivity contribution is -0.128. The highest BCUT2D eigenvalue weighted by Crippen LogP contribution is 2.51. The summed E-state index contributed by atoms with van der Waals surface area (Å²) in [5, 5.41) is 11.0. The molecule has 1 saturated carbocycles. The maximum absolute atomic E-state index is 13.5. The van der Waals surface area contributed by atoms with Crippen molar-refractivity contribution in [2.45, 2.75) is 57.3 Å². The predicted molar refractivity (Wildman–Crippen MR) is 115 cm³/mol. The second-order valence-corrected chi connectivity index (χ2v) is 9.42. The van der Waals surface area contributed by atoms with Gasteiger partial charge in [-0.2, -0.15) is 0 Å². The van der Waals surface area contributed by atoms with E-state index in [1.54, 1.807) is 34.1 Å². The molecule has 1 N–H and O–H groups in total. The molecule has 2 aromatic rings. The molecular weight excluding hydrogens is 419 g/mol. The van der Waals surface area contributed by atoms with Crippen LogP contribution in [0.25, 0.3) is 0 Å². The van der Waals surface area contributed by atoms with E-state index in [2.05, 4.69) is 0 Å². The summed E-state index contributed by atoms with van der Waals surface area (Å²) < 4.78 is 13.5. The zero-order valence-corrected chi connectivity index (χ0v) is 18.0. The summed E-state index contributed by atoms with van der Waals surface area (Å²) in [5.41, 5.74) is 1.24. The lowest BCUT2D eigenvalue weighted by Gasteiger charge is -2.40. The normalized spacial score (nSPS) is 30.4. The van der Waals surface area contributed by atoms with Gasteiger partial charge in [0, 0.05) is 23.2 Å². The highest BCUT2D eigenvalue weighted by atomic mass is 35.5. The first-order valence-corrected chi connectivity index (χ1v) is 11.1. The van der Waals surface area contributed by atoms with Crippen LogP contribution in [0.1, 0.15) is 61.2 Å². The average molecular weight is 443 g/mol. The van der Waals surface area contributed by atoms with Gasteiger partial charge in [0.25, 0.3) is 5.91 Å². The third kappa shape index (κ3) is 3.07. The molecule has 7 heteroatoms. The van der Waals surface area contributed by atoms with Crippen molar-refractivity contribution in [3.8, 4) is 0 Å². The third-order valence-electron chi connectivity index (χ3n) is 7.24. The van der Waals surface area contributed by atoms with Crippen LogP contribution in [0.5, 0.6) is 0 Å². The molecule has 2 fully saturated rings. The van der Waals surface area contributed by atoms with Gasteiger partial charge in [-0.25, -0.2) is 4.39 Å². The van der Waals surface area contributed by atoms with Crippen molar-refractivity contribution in [2.24, 2.45) is 5.41 Å². The van der Waals surface area contributed by atoms with E-state index in [1.807, 2.05) is 13.0 Å². The first-order chi connectivity index (χ1) is 14.8. The molecule has 0 aromatic heterocycles. The number of carbonyl (C=O) groups is 2. The second kappa shape index (κ2) is 7.31. The molecule has 5 rings (SSSR count). The van der Waals surface area contributed by atoms with Gasteiger partial charge in [-0.1, -0.05) is 29.8 Å². The zero-order chi connectivity index (χ0) is 21.9. The van der Waals surface area contributed by atoms with Crippen molar-refractivity contribution in [2.75, 3.05) is 4.90 Å². The number of anilines is 1. The number of hydrogen-bond acceptors (Lipinski definition) is 3. The quantitative estimate of drug-likeness (QED) is 0.734. The van der Waals surface area contributed by atoms with E-state index >= 15 is 0 Å². The first kappa shape index (κ1) is 20.5. The number of halogens is 2. The summed E-state index contributed by atoms with van der Waals surface area (Å²) in [6.07, 6.45) is 2.35. The fourth-order valence-corrected chi connectivity index (χ4v) is 6.02. The van der Waals surface area contributed by atoms with Crippen LogP contribution in [0.2, 0.25) is 5.02 Å². The van der Waals surface area contributed by atoms with E-state index < -0.39 is 17.5 Å². The largest absolute Gasteiger partial charge is 0.369 e. The van der Waals surface area contributed by atoms with E-state index in [1.165, 1.54) is 12.1 Å². The van der Waals surface area contributed by atoms with Crippen LogP contribution in [0.3, 0.4) is 0 Å².